The Morgan fingerprint density at radius 3 is 2.12 bits per heavy atom. The molecule has 5 nitrogen and oxygen atoms in total. The van der Waals surface area contributed by atoms with Gasteiger partial charge in [0, 0.05) is 17.6 Å². The summed E-state index contributed by atoms with van der Waals surface area (Å²) in [4.78, 5) is 22.2. The van der Waals surface area contributed by atoms with E-state index in [4.69, 9.17) is 14.6 Å². The summed E-state index contributed by atoms with van der Waals surface area (Å²) in [5.74, 6) is -1.08. The van der Waals surface area contributed by atoms with E-state index >= 15 is 0 Å². The third-order valence-corrected chi connectivity index (χ3v) is 1.85. The minimum atomic E-state index is -0.697. The SMILES string of the molecule is C=C(C)C(=O)OCCC(CO)OC(=O)C(=C)C. The Labute approximate surface area is 101 Å². The first-order valence-electron chi connectivity index (χ1n) is 5.18. The van der Waals surface area contributed by atoms with E-state index in [0.29, 0.717) is 5.57 Å². The van der Waals surface area contributed by atoms with E-state index in [-0.39, 0.29) is 25.2 Å². The Balaban J connectivity index is 3.99. The highest BCUT2D eigenvalue weighted by Gasteiger charge is 2.15. The molecule has 96 valence electrons. The Kier molecular flexibility index (Phi) is 6.89. The van der Waals surface area contributed by atoms with Gasteiger partial charge in [-0.3, -0.25) is 0 Å². The molecule has 0 aliphatic carbocycles. The third-order valence-electron chi connectivity index (χ3n) is 1.85. The summed E-state index contributed by atoms with van der Waals surface area (Å²) in [7, 11) is 0. The zero-order valence-electron chi connectivity index (χ0n) is 10.2. The fraction of sp³-hybridized carbons (Fsp3) is 0.500. The van der Waals surface area contributed by atoms with Gasteiger partial charge in [-0.1, -0.05) is 13.2 Å². The molecule has 0 radical (unpaired) electrons. The molecule has 0 aromatic carbocycles. The molecule has 0 amide bonds. The number of esters is 2. The highest BCUT2D eigenvalue weighted by atomic mass is 16.6. The van der Waals surface area contributed by atoms with Crippen molar-refractivity contribution >= 4 is 11.9 Å². The van der Waals surface area contributed by atoms with Crippen molar-refractivity contribution in [3.8, 4) is 0 Å². The summed E-state index contributed by atoms with van der Waals surface area (Å²) < 4.78 is 9.72. The van der Waals surface area contributed by atoms with Crippen LogP contribution in [0, 0.1) is 0 Å². The summed E-state index contributed by atoms with van der Waals surface area (Å²) in [6, 6.07) is 0. The van der Waals surface area contributed by atoms with Crippen molar-refractivity contribution in [2.24, 2.45) is 0 Å². The van der Waals surface area contributed by atoms with Crippen LogP contribution in [0.1, 0.15) is 20.3 Å². The molecule has 0 aliphatic heterocycles. The van der Waals surface area contributed by atoms with Crippen molar-refractivity contribution in [3.63, 3.8) is 0 Å². The molecule has 0 spiro atoms. The van der Waals surface area contributed by atoms with Gasteiger partial charge in [0.25, 0.3) is 0 Å². The second kappa shape index (κ2) is 7.62. The normalized spacial score (nSPS) is 11.5. The molecule has 1 unspecified atom stereocenters. The van der Waals surface area contributed by atoms with Gasteiger partial charge in [0.05, 0.1) is 13.2 Å². The maximum Gasteiger partial charge on any atom is 0.333 e. The van der Waals surface area contributed by atoms with Crippen molar-refractivity contribution in [2.75, 3.05) is 13.2 Å². The lowest BCUT2D eigenvalue weighted by atomic mass is 10.2. The first-order chi connectivity index (χ1) is 7.88. The summed E-state index contributed by atoms with van der Waals surface area (Å²) in [6.45, 7) is 9.62. The Morgan fingerprint density at radius 1 is 1.18 bits per heavy atom. The van der Waals surface area contributed by atoms with Crippen molar-refractivity contribution in [1.29, 1.82) is 0 Å². The number of hydrogen-bond acceptors (Lipinski definition) is 5. The molecule has 0 bridgehead atoms. The summed E-state index contributed by atoms with van der Waals surface area (Å²) in [5.41, 5.74) is 0.548. The molecule has 1 N–H and O–H groups in total. The van der Waals surface area contributed by atoms with Crippen molar-refractivity contribution in [2.45, 2.75) is 26.4 Å². The van der Waals surface area contributed by atoms with Crippen LogP contribution in [0.2, 0.25) is 0 Å². The van der Waals surface area contributed by atoms with Gasteiger partial charge in [-0.15, -0.1) is 0 Å². The zero-order chi connectivity index (χ0) is 13.4. The molecule has 17 heavy (non-hydrogen) atoms. The Morgan fingerprint density at radius 2 is 1.71 bits per heavy atom. The van der Waals surface area contributed by atoms with E-state index in [1.54, 1.807) is 0 Å². The number of carbonyl (C=O) groups is 2. The van der Waals surface area contributed by atoms with Gasteiger partial charge >= 0.3 is 11.9 Å². The fourth-order valence-corrected chi connectivity index (χ4v) is 0.846. The number of ether oxygens (including phenoxy) is 2. The third kappa shape index (κ3) is 6.52. The highest BCUT2D eigenvalue weighted by molar-refractivity contribution is 5.87. The number of carbonyl (C=O) groups excluding carboxylic acids is 2. The molecule has 0 fully saturated rings. The van der Waals surface area contributed by atoms with Crippen LogP contribution in [-0.4, -0.2) is 36.4 Å². The van der Waals surface area contributed by atoms with E-state index in [9.17, 15) is 9.59 Å². The fourth-order valence-electron chi connectivity index (χ4n) is 0.846. The van der Waals surface area contributed by atoms with Crippen LogP contribution in [0.5, 0.6) is 0 Å². The average molecular weight is 242 g/mol. The van der Waals surface area contributed by atoms with Crippen molar-refractivity contribution in [3.05, 3.63) is 24.3 Å². The predicted molar refractivity (Wildman–Crippen MR) is 62.2 cm³/mol. The average Bonchev–Trinajstić information content (AvgIpc) is 2.26. The lowest BCUT2D eigenvalue weighted by Gasteiger charge is -2.15. The molecule has 0 heterocycles. The standard InChI is InChI=1S/C12H18O5/c1-8(2)11(14)16-6-5-10(7-13)17-12(15)9(3)4/h10,13H,1,3,5-7H2,2,4H3. The zero-order valence-corrected chi connectivity index (χ0v) is 10.2. The van der Waals surface area contributed by atoms with Crippen LogP contribution in [0.4, 0.5) is 0 Å². The van der Waals surface area contributed by atoms with Crippen LogP contribution < -0.4 is 0 Å². The molecule has 0 aromatic rings. The van der Waals surface area contributed by atoms with Gasteiger partial charge < -0.3 is 14.6 Å². The van der Waals surface area contributed by atoms with E-state index in [1.165, 1.54) is 13.8 Å². The minimum absolute atomic E-state index is 0.0559. The molecule has 0 aromatic heterocycles. The van der Waals surface area contributed by atoms with Crippen LogP contribution in [0.25, 0.3) is 0 Å². The molecule has 5 heteroatoms. The number of aliphatic hydroxyl groups is 1. The maximum atomic E-state index is 11.2. The second-order valence-electron chi connectivity index (χ2n) is 3.70. The molecule has 0 saturated carbocycles. The lowest BCUT2D eigenvalue weighted by molar-refractivity contribution is -0.148. The van der Waals surface area contributed by atoms with E-state index < -0.39 is 18.0 Å². The maximum absolute atomic E-state index is 11.2. The lowest BCUT2D eigenvalue weighted by Crippen LogP contribution is -2.24. The number of hydrogen-bond donors (Lipinski definition) is 1. The van der Waals surface area contributed by atoms with Gasteiger partial charge in [0.2, 0.25) is 0 Å². The molecular weight excluding hydrogens is 224 g/mol. The van der Waals surface area contributed by atoms with Crippen LogP contribution >= 0.6 is 0 Å². The molecular formula is C12H18O5. The van der Waals surface area contributed by atoms with Gasteiger partial charge in [-0.2, -0.15) is 0 Å². The van der Waals surface area contributed by atoms with Gasteiger partial charge in [-0.05, 0) is 13.8 Å². The summed E-state index contributed by atoms with van der Waals surface area (Å²) >= 11 is 0. The predicted octanol–water partition coefficient (Wildman–Crippen LogP) is 0.976. The van der Waals surface area contributed by atoms with Crippen LogP contribution in [0.3, 0.4) is 0 Å². The first-order valence-corrected chi connectivity index (χ1v) is 5.18. The van der Waals surface area contributed by atoms with Gasteiger partial charge in [-0.25, -0.2) is 9.59 Å². The smallest absolute Gasteiger partial charge is 0.333 e. The summed E-state index contributed by atoms with van der Waals surface area (Å²) in [5, 5.41) is 8.97. The number of rotatable bonds is 7. The molecule has 0 saturated heterocycles. The number of aliphatic hydroxyl groups excluding tert-OH is 1. The highest BCUT2D eigenvalue weighted by Crippen LogP contribution is 2.04. The molecule has 1 atom stereocenters. The van der Waals surface area contributed by atoms with E-state index in [2.05, 4.69) is 13.2 Å². The van der Waals surface area contributed by atoms with Crippen molar-refractivity contribution < 1.29 is 24.2 Å². The molecule has 0 aliphatic rings. The van der Waals surface area contributed by atoms with Crippen LogP contribution in [-0.2, 0) is 19.1 Å². The quantitative estimate of drug-likeness (QED) is 0.532. The largest absolute Gasteiger partial charge is 0.462 e. The van der Waals surface area contributed by atoms with Gasteiger partial charge in [0.1, 0.15) is 6.10 Å². The first kappa shape index (κ1) is 15.4. The van der Waals surface area contributed by atoms with Crippen molar-refractivity contribution in [1.82, 2.24) is 0 Å². The second-order valence-corrected chi connectivity index (χ2v) is 3.70. The summed E-state index contributed by atoms with van der Waals surface area (Å²) in [6.07, 6.45) is -0.466. The Hall–Kier alpha value is -1.62. The Bertz CT molecular complexity index is 319. The monoisotopic (exact) mass is 242 g/mol. The van der Waals surface area contributed by atoms with E-state index in [0.717, 1.165) is 0 Å². The van der Waals surface area contributed by atoms with Crippen LogP contribution in [0.15, 0.2) is 24.3 Å². The molecule has 0 rings (SSSR count). The topological polar surface area (TPSA) is 72.8 Å². The van der Waals surface area contributed by atoms with E-state index in [1.807, 2.05) is 0 Å². The minimum Gasteiger partial charge on any atom is -0.462 e. The van der Waals surface area contributed by atoms with Gasteiger partial charge in [0.15, 0.2) is 0 Å².